The molecule has 4 fully saturated rings. The fourth-order valence-electron chi connectivity index (χ4n) is 6.89. The fraction of sp³-hybridized carbons (Fsp3) is 0.864. The Hall–Kier alpha value is -0.830. The molecule has 3 heterocycles. The Balaban J connectivity index is 1.33. The zero-order chi connectivity index (χ0) is 16.9. The average molecular weight is 344 g/mol. The summed E-state index contributed by atoms with van der Waals surface area (Å²) in [7, 11) is 0. The van der Waals surface area contributed by atoms with E-state index in [2.05, 4.69) is 4.90 Å². The van der Waals surface area contributed by atoms with Gasteiger partial charge in [-0.3, -0.25) is 4.90 Å². The van der Waals surface area contributed by atoms with E-state index in [-0.39, 0.29) is 11.6 Å². The summed E-state index contributed by atoms with van der Waals surface area (Å²) in [5.74, 6) is 1.65. The minimum absolute atomic E-state index is 0.0643. The first-order valence-electron chi connectivity index (χ1n) is 11.0. The van der Waals surface area contributed by atoms with Gasteiger partial charge >= 0.3 is 5.97 Å². The van der Waals surface area contributed by atoms with Crippen LogP contribution in [-0.2, 0) is 9.53 Å². The van der Waals surface area contributed by atoms with Crippen LogP contribution in [0.4, 0.5) is 0 Å². The molecule has 3 nitrogen and oxygen atoms in total. The van der Waals surface area contributed by atoms with Crippen molar-refractivity contribution in [1.82, 2.24) is 4.90 Å². The van der Waals surface area contributed by atoms with Crippen LogP contribution in [0.2, 0.25) is 0 Å². The highest BCUT2D eigenvalue weighted by atomic mass is 16.6. The molecule has 2 bridgehead atoms. The van der Waals surface area contributed by atoms with Gasteiger partial charge in [-0.15, -0.1) is 0 Å². The molecule has 138 valence electrons. The Morgan fingerprint density at radius 3 is 2.68 bits per heavy atom. The number of ether oxygens (including phenoxy) is 1. The normalized spacial score (nSPS) is 41.7. The van der Waals surface area contributed by atoms with Gasteiger partial charge in [0, 0.05) is 18.5 Å². The molecule has 2 saturated carbocycles. The van der Waals surface area contributed by atoms with Crippen LogP contribution in [0.5, 0.6) is 0 Å². The molecule has 0 aromatic carbocycles. The molecule has 0 radical (unpaired) electrons. The first-order valence-corrected chi connectivity index (χ1v) is 11.0. The summed E-state index contributed by atoms with van der Waals surface area (Å²) in [5, 5.41) is 0. The fourth-order valence-corrected chi connectivity index (χ4v) is 6.89. The van der Waals surface area contributed by atoms with E-state index in [9.17, 15) is 4.79 Å². The van der Waals surface area contributed by atoms with E-state index < -0.39 is 0 Å². The second kappa shape index (κ2) is 6.40. The number of esters is 1. The summed E-state index contributed by atoms with van der Waals surface area (Å²) in [4.78, 5) is 14.9. The van der Waals surface area contributed by atoms with Gasteiger partial charge in [0.2, 0.25) is 0 Å². The molecule has 0 N–H and O–H groups in total. The van der Waals surface area contributed by atoms with Crippen LogP contribution in [-0.4, -0.2) is 35.1 Å². The monoisotopic (exact) mass is 343 g/mol. The third-order valence-corrected chi connectivity index (χ3v) is 8.09. The highest BCUT2D eigenvalue weighted by molar-refractivity contribution is 5.87. The second-order valence-electron chi connectivity index (χ2n) is 9.40. The summed E-state index contributed by atoms with van der Waals surface area (Å²) in [6.45, 7) is 1.22. The molecule has 4 atom stereocenters. The first kappa shape index (κ1) is 16.4. The molecule has 1 spiro atoms. The number of carbonyl (C=O) groups is 1. The first-order chi connectivity index (χ1) is 12.3. The molecule has 0 amide bonds. The van der Waals surface area contributed by atoms with Gasteiger partial charge in [0.1, 0.15) is 0 Å². The van der Waals surface area contributed by atoms with Gasteiger partial charge in [-0.2, -0.15) is 0 Å². The van der Waals surface area contributed by atoms with Gasteiger partial charge in [-0.25, -0.2) is 4.79 Å². The van der Waals surface area contributed by atoms with Gasteiger partial charge < -0.3 is 4.74 Å². The van der Waals surface area contributed by atoms with Crippen LogP contribution < -0.4 is 0 Å². The number of piperidine rings is 1. The van der Waals surface area contributed by atoms with Crippen molar-refractivity contribution in [3.8, 4) is 0 Å². The lowest BCUT2D eigenvalue weighted by atomic mass is 9.71. The van der Waals surface area contributed by atoms with Crippen molar-refractivity contribution in [2.75, 3.05) is 6.54 Å². The zero-order valence-corrected chi connectivity index (χ0v) is 15.5. The van der Waals surface area contributed by atoms with E-state index in [0.29, 0.717) is 12.1 Å². The SMILES string of the molecule is O=C1C=C2CC(CCC3CCCCCC3)[C@@H]3C[C@@]2(O1)[C@H]1CCCCN31. The number of carbonyl (C=O) groups excluding carboxylic acids is 1. The van der Waals surface area contributed by atoms with Gasteiger partial charge in [0.05, 0.1) is 6.04 Å². The summed E-state index contributed by atoms with van der Waals surface area (Å²) in [6.07, 6.45) is 19.4. The van der Waals surface area contributed by atoms with Gasteiger partial charge in [0.15, 0.2) is 5.60 Å². The van der Waals surface area contributed by atoms with Gasteiger partial charge in [-0.1, -0.05) is 51.4 Å². The number of hydrogen-bond acceptors (Lipinski definition) is 3. The summed E-state index contributed by atoms with van der Waals surface area (Å²) < 4.78 is 6.00. The van der Waals surface area contributed by atoms with Crippen molar-refractivity contribution < 1.29 is 9.53 Å². The zero-order valence-electron chi connectivity index (χ0n) is 15.5. The lowest BCUT2D eigenvalue weighted by molar-refractivity contribution is -0.148. The molecule has 3 heteroatoms. The van der Waals surface area contributed by atoms with Crippen molar-refractivity contribution in [3.63, 3.8) is 0 Å². The molecular weight excluding hydrogens is 310 g/mol. The van der Waals surface area contributed by atoms with Crippen LogP contribution in [0, 0.1) is 11.8 Å². The highest BCUT2D eigenvalue weighted by Gasteiger charge is 2.63. The van der Waals surface area contributed by atoms with Gasteiger partial charge in [0.25, 0.3) is 0 Å². The van der Waals surface area contributed by atoms with E-state index >= 15 is 0 Å². The summed E-state index contributed by atoms with van der Waals surface area (Å²) >= 11 is 0. The number of rotatable bonds is 3. The lowest BCUT2D eigenvalue weighted by Crippen LogP contribution is -2.48. The Kier molecular flexibility index (Phi) is 4.19. The second-order valence-corrected chi connectivity index (χ2v) is 9.40. The van der Waals surface area contributed by atoms with Crippen LogP contribution in [0.25, 0.3) is 0 Å². The summed E-state index contributed by atoms with van der Waals surface area (Å²) in [5.41, 5.74) is 1.13. The maximum atomic E-state index is 12.1. The molecule has 5 rings (SSSR count). The number of nitrogens with zero attached hydrogens (tertiary/aromatic N) is 1. The highest BCUT2D eigenvalue weighted by Crippen LogP contribution is 2.56. The van der Waals surface area contributed by atoms with Crippen LogP contribution in [0.15, 0.2) is 11.6 Å². The van der Waals surface area contributed by atoms with Crippen molar-refractivity contribution in [3.05, 3.63) is 11.6 Å². The maximum absolute atomic E-state index is 12.1. The van der Waals surface area contributed by atoms with E-state index in [1.807, 2.05) is 6.08 Å². The molecule has 0 aromatic rings. The van der Waals surface area contributed by atoms with E-state index in [0.717, 1.165) is 24.7 Å². The van der Waals surface area contributed by atoms with E-state index in [1.54, 1.807) is 0 Å². The number of hydrogen-bond donors (Lipinski definition) is 0. The molecule has 1 unspecified atom stereocenters. The van der Waals surface area contributed by atoms with Crippen LogP contribution in [0.1, 0.15) is 83.5 Å². The minimum atomic E-state index is -0.221. The maximum Gasteiger partial charge on any atom is 0.331 e. The Morgan fingerprint density at radius 1 is 1.04 bits per heavy atom. The third kappa shape index (κ3) is 2.69. The Morgan fingerprint density at radius 2 is 1.84 bits per heavy atom. The predicted octanol–water partition coefficient (Wildman–Crippen LogP) is 4.61. The van der Waals surface area contributed by atoms with E-state index in [1.165, 1.54) is 82.7 Å². The van der Waals surface area contributed by atoms with Crippen molar-refractivity contribution in [1.29, 1.82) is 0 Å². The molecule has 5 aliphatic rings. The van der Waals surface area contributed by atoms with Crippen molar-refractivity contribution in [2.45, 2.75) is 101 Å². The minimum Gasteiger partial charge on any atom is -0.450 e. The van der Waals surface area contributed by atoms with Crippen molar-refractivity contribution >= 4 is 5.97 Å². The smallest absolute Gasteiger partial charge is 0.331 e. The largest absolute Gasteiger partial charge is 0.450 e. The molecular formula is C22H33NO2. The molecule has 2 aliphatic carbocycles. The third-order valence-electron chi connectivity index (χ3n) is 8.09. The Bertz CT molecular complexity index is 562. The quantitative estimate of drug-likeness (QED) is 0.554. The molecule has 3 aliphatic heterocycles. The van der Waals surface area contributed by atoms with Crippen LogP contribution >= 0.6 is 0 Å². The topological polar surface area (TPSA) is 29.5 Å². The lowest BCUT2D eigenvalue weighted by Gasteiger charge is -2.38. The molecule has 2 saturated heterocycles. The standard InChI is InChI=1S/C22H33NO2/c24-21-14-18-13-17(11-10-16-7-3-1-2-4-8-16)19-15-22(18,25-21)20-9-5-6-12-23(19)20/h14,16-17,19-20H,1-13,15H2/t17?,19-,20+,22-/m0/s1. The Labute approximate surface area is 152 Å². The molecule has 25 heavy (non-hydrogen) atoms. The van der Waals surface area contributed by atoms with Crippen molar-refractivity contribution in [2.24, 2.45) is 11.8 Å². The summed E-state index contributed by atoms with van der Waals surface area (Å²) in [6, 6.07) is 1.14. The van der Waals surface area contributed by atoms with Gasteiger partial charge in [-0.05, 0) is 49.6 Å². The van der Waals surface area contributed by atoms with Crippen LogP contribution in [0.3, 0.4) is 0 Å². The predicted molar refractivity (Wildman–Crippen MR) is 98.2 cm³/mol. The average Bonchev–Trinajstić information content (AvgIpc) is 2.94. The van der Waals surface area contributed by atoms with E-state index in [4.69, 9.17) is 4.74 Å². The number of fused-ring (bicyclic) bond motifs is 3. The molecule has 0 aromatic heterocycles.